The van der Waals surface area contributed by atoms with E-state index in [1.54, 1.807) is 21.3 Å². The number of aliphatic imine (C=N–C) groups is 1. The smallest absolute Gasteiger partial charge is 0.213 e. The summed E-state index contributed by atoms with van der Waals surface area (Å²) in [7, 11) is 5.02. The number of hydrogen-bond donors (Lipinski definition) is 2. The highest BCUT2D eigenvalue weighted by molar-refractivity contribution is 14.0. The van der Waals surface area contributed by atoms with Crippen LogP contribution in [0.2, 0.25) is 0 Å². The average Bonchev–Trinajstić information content (AvgIpc) is 2.74. The first-order valence-corrected chi connectivity index (χ1v) is 9.44. The molecule has 2 rings (SSSR count). The summed E-state index contributed by atoms with van der Waals surface area (Å²) in [6.07, 6.45) is 1.90. The predicted molar refractivity (Wildman–Crippen MR) is 127 cm³/mol. The molecule has 0 aliphatic rings. The topological polar surface area (TPSA) is 77.0 Å². The van der Waals surface area contributed by atoms with Gasteiger partial charge >= 0.3 is 0 Å². The molecule has 1 aromatic carbocycles. The van der Waals surface area contributed by atoms with E-state index in [1.165, 1.54) is 5.56 Å². The molecule has 2 N–H and O–H groups in total. The first-order chi connectivity index (χ1) is 13.7. The van der Waals surface area contributed by atoms with Crippen LogP contribution in [-0.4, -0.2) is 45.4 Å². The first kappa shape index (κ1) is 24.8. The van der Waals surface area contributed by atoms with Crippen molar-refractivity contribution in [3.63, 3.8) is 0 Å². The molecule has 0 spiro atoms. The van der Waals surface area contributed by atoms with E-state index in [0.29, 0.717) is 19.0 Å². The van der Waals surface area contributed by atoms with Crippen molar-refractivity contribution in [3.8, 4) is 17.4 Å². The Labute approximate surface area is 190 Å². The maximum atomic E-state index is 5.64. The van der Waals surface area contributed by atoms with E-state index < -0.39 is 0 Å². The van der Waals surface area contributed by atoms with Gasteiger partial charge in [0.05, 0.1) is 33.1 Å². The Balaban J connectivity index is 0.00000420. The molecule has 0 bridgehead atoms. The molecule has 160 valence electrons. The molecule has 0 aliphatic heterocycles. The summed E-state index contributed by atoms with van der Waals surface area (Å²) < 4.78 is 16.1. The second-order valence-corrected chi connectivity index (χ2v) is 6.05. The minimum absolute atomic E-state index is 0. The van der Waals surface area contributed by atoms with Crippen molar-refractivity contribution in [3.05, 3.63) is 47.7 Å². The van der Waals surface area contributed by atoms with Gasteiger partial charge in [0.2, 0.25) is 5.88 Å². The maximum absolute atomic E-state index is 5.64. The van der Waals surface area contributed by atoms with E-state index >= 15 is 0 Å². The zero-order chi connectivity index (χ0) is 20.2. The minimum atomic E-state index is 0. The number of nitrogens with one attached hydrogen (secondary N) is 2. The van der Waals surface area contributed by atoms with Crippen molar-refractivity contribution < 1.29 is 14.2 Å². The van der Waals surface area contributed by atoms with Gasteiger partial charge in [-0.3, -0.25) is 4.99 Å². The van der Waals surface area contributed by atoms with Crippen LogP contribution < -0.4 is 24.8 Å². The number of methoxy groups -OCH3 is 2. The molecule has 0 fully saturated rings. The lowest BCUT2D eigenvalue weighted by Crippen LogP contribution is -2.37. The number of ether oxygens (including phenoxy) is 3. The van der Waals surface area contributed by atoms with E-state index in [2.05, 4.69) is 26.7 Å². The van der Waals surface area contributed by atoms with Crippen LogP contribution in [0.5, 0.6) is 17.4 Å². The third-order valence-corrected chi connectivity index (χ3v) is 4.11. The Hall–Kier alpha value is -2.23. The molecule has 29 heavy (non-hydrogen) atoms. The lowest BCUT2D eigenvalue weighted by atomic mass is 10.1. The lowest BCUT2D eigenvalue weighted by Gasteiger charge is -2.13. The van der Waals surface area contributed by atoms with Gasteiger partial charge in [0.1, 0.15) is 0 Å². The average molecular weight is 514 g/mol. The standard InChI is InChI=1S/C21H30N4O3.HI/c1-5-28-19-14-16(11-12-18(19)26-3)8-7-13-23-21(22-2)24-15-17-9-6-10-20(25-17)27-4;/h6,9-12,14H,5,7-8,13,15H2,1-4H3,(H2,22,23,24);1H. The van der Waals surface area contributed by atoms with E-state index in [1.807, 2.05) is 37.3 Å². The molecule has 0 amide bonds. The van der Waals surface area contributed by atoms with Crippen molar-refractivity contribution >= 4 is 29.9 Å². The second-order valence-electron chi connectivity index (χ2n) is 6.05. The molecule has 0 aliphatic carbocycles. The molecule has 0 radical (unpaired) electrons. The summed E-state index contributed by atoms with van der Waals surface area (Å²) in [4.78, 5) is 8.63. The number of aromatic nitrogens is 1. The van der Waals surface area contributed by atoms with Crippen LogP contribution in [0.4, 0.5) is 0 Å². The molecule has 2 aromatic rings. The Kier molecular flexibility index (Phi) is 11.9. The highest BCUT2D eigenvalue weighted by Gasteiger charge is 2.06. The van der Waals surface area contributed by atoms with E-state index in [4.69, 9.17) is 14.2 Å². The van der Waals surface area contributed by atoms with Gasteiger partial charge in [-0.25, -0.2) is 4.98 Å². The summed E-state index contributed by atoms with van der Waals surface area (Å²) in [6, 6.07) is 11.8. The van der Waals surface area contributed by atoms with E-state index in [0.717, 1.165) is 42.5 Å². The summed E-state index contributed by atoms with van der Waals surface area (Å²) >= 11 is 0. The fraction of sp³-hybridized carbons (Fsp3) is 0.429. The number of halogens is 1. The highest BCUT2D eigenvalue weighted by Crippen LogP contribution is 2.28. The van der Waals surface area contributed by atoms with Crippen LogP contribution in [0.25, 0.3) is 0 Å². The number of hydrogen-bond acceptors (Lipinski definition) is 5. The van der Waals surface area contributed by atoms with Crippen molar-refractivity contribution in [2.75, 3.05) is 34.4 Å². The molecular weight excluding hydrogens is 483 g/mol. The number of pyridine rings is 1. The number of aryl methyl sites for hydroxylation is 1. The molecule has 0 saturated heterocycles. The lowest BCUT2D eigenvalue weighted by molar-refractivity contribution is 0.310. The molecule has 0 atom stereocenters. The van der Waals surface area contributed by atoms with Gasteiger partial charge in [-0.05, 0) is 43.5 Å². The Bertz CT molecular complexity index is 771. The largest absolute Gasteiger partial charge is 0.493 e. The Morgan fingerprint density at radius 1 is 1.07 bits per heavy atom. The molecule has 0 saturated carbocycles. The van der Waals surface area contributed by atoms with Gasteiger partial charge < -0.3 is 24.8 Å². The number of rotatable bonds is 10. The normalized spacial score (nSPS) is 10.7. The number of benzene rings is 1. The first-order valence-electron chi connectivity index (χ1n) is 9.44. The van der Waals surface area contributed by atoms with Gasteiger partial charge in [0.15, 0.2) is 17.5 Å². The summed E-state index contributed by atoms with van der Waals surface area (Å²) in [6.45, 7) is 3.97. The van der Waals surface area contributed by atoms with Crippen LogP contribution in [0.1, 0.15) is 24.6 Å². The van der Waals surface area contributed by atoms with Gasteiger partial charge in [-0.1, -0.05) is 12.1 Å². The van der Waals surface area contributed by atoms with Crippen molar-refractivity contribution in [1.29, 1.82) is 0 Å². The number of nitrogens with zero attached hydrogens (tertiary/aromatic N) is 2. The molecule has 1 heterocycles. The Morgan fingerprint density at radius 3 is 2.59 bits per heavy atom. The van der Waals surface area contributed by atoms with Gasteiger partial charge in [0.25, 0.3) is 0 Å². The fourth-order valence-corrected chi connectivity index (χ4v) is 2.71. The molecular formula is C21H31IN4O3. The summed E-state index contributed by atoms with van der Waals surface area (Å²) in [5.74, 6) is 2.90. The van der Waals surface area contributed by atoms with Gasteiger partial charge in [0, 0.05) is 19.7 Å². The van der Waals surface area contributed by atoms with Crippen LogP contribution in [-0.2, 0) is 13.0 Å². The quantitative estimate of drug-likeness (QED) is 0.219. The number of guanidine groups is 1. The van der Waals surface area contributed by atoms with Crippen LogP contribution in [0.15, 0.2) is 41.4 Å². The second kappa shape index (κ2) is 13.9. The highest BCUT2D eigenvalue weighted by atomic mass is 127. The predicted octanol–water partition coefficient (Wildman–Crippen LogP) is 3.41. The van der Waals surface area contributed by atoms with Crippen LogP contribution in [0, 0.1) is 0 Å². The van der Waals surface area contributed by atoms with Gasteiger partial charge in [-0.15, -0.1) is 24.0 Å². The molecule has 0 unspecified atom stereocenters. The Morgan fingerprint density at radius 2 is 1.90 bits per heavy atom. The zero-order valence-electron chi connectivity index (χ0n) is 17.5. The molecule has 7 nitrogen and oxygen atoms in total. The minimum Gasteiger partial charge on any atom is -0.493 e. The van der Waals surface area contributed by atoms with Crippen molar-refractivity contribution in [1.82, 2.24) is 15.6 Å². The molecule has 8 heteroatoms. The van der Waals surface area contributed by atoms with Crippen molar-refractivity contribution in [2.45, 2.75) is 26.3 Å². The van der Waals surface area contributed by atoms with Crippen molar-refractivity contribution in [2.24, 2.45) is 4.99 Å². The van der Waals surface area contributed by atoms with Crippen LogP contribution >= 0.6 is 24.0 Å². The van der Waals surface area contributed by atoms with E-state index in [-0.39, 0.29) is 24.0 Å². The van der Waals surface area contributed by atoms with E-state index in [9.17, 15) is 0 Å². The monoisotopic (exact) mass is 514 g/mol. The fourth-order valence-electron chi connectivity index (χ4n) is 2.71. The summed E-state index contributed by atoms with van der Waals surface area (Å²) in [5.41, 5.74) is 2.11. The third-order valence-electron chi connectivity index (χ3n) is 4.11. The zero-order valence-corrected chi connectivity index (χ0v) is 19.9. The maximum Gasteiger partial charge on any atom is 0.213 e. The van der Waals surface area contributed by atoms with Crippen LogP contribution in [0.3, 0.4) is 0 Å². The SMILES string of the molecule is CCOc1cc(CCCNC(=NC)NCc2cccc(OC)n2)ccc1OC.I. The van der Waals surface area contributed by atoms with Gasteiger partial charge in [-0.2, -0.15) is 0 Å². The third kappa shape index (κ3) is 8.35. The summed E-state index contributed by atoms with van der Waals surface area (Å²) in [5, 5.41) is 6.59. The molecule has 1 aromatic heterocycles.